The molecular formula is C13H25N3O. The van der Waals surface area contributed by atoms with Crippen molar-refractivity contribution >= 4 is 5.84 Å². The van der Waals surface area contributed by atoms with Gasteiger partial charge in [-0.05, 0) is 38.5 Å². The second-order valence-corrected chi connectivity index (χ2v) is 5.19. The highest BCUT2D eigenvalue weighted by atomic mass is 16.5. The molecule has 0 aromatic rings. The first-order chi connectivity index (χ1) is 8.38. The van der Waals surface area contributed by atoms with Crippen LogP contribution in [0.5, 0.6) is 0 Å². The third-order valence-electron chi connectivity index (χ3n) is 3.81. The summed E-state index contributed by atoms with van der Waals surface area (Å²) in [5.74, 6) is 6.51. The van der Waals surface area contributed by atoms with Crippen LogP contribution in [-0.4, -0.2) is 24.6 Å². The minimum absolute atomic E-state index is 0.422. The summed E-state index contributed by atoms with van der Waals surface area (Å²) in [6.07, 6.45) is 11.2. The third kappa shape index (κ3) is 4.28. The Balaban J connectivity index is 1.74. The highest BCUT2D eigenvalue weighted by molar-refractivity contribution is 5.81. The van der Waals surface area contributed by atoms with Crippen LogP contribution in [-0.2, 0) is 4.74 Å². The van der Waals surface area contributed by atoms with E-state index in [2.05, 4.69) is 5.43 Å². The van der Waals surface area contributed by atoms with Crippen LogP contribution in [0.15, 0.2) is 4.99 Å². The molecule has 2 rings (SSSR count). The Morgan fingerprint density at radius 1 is 1.18 bits per heavy atom. The number of hydrogen-bond donors (Lipinski definition) is 2. The summed E-state index contributed by atoms with van der Waals surface area (Å²) < 4.78 is 5.72. The first-order valence-corrected chi connectivity index (χ1v) is 7.03. The summed E-state index contributed by atoms with van der Waals surface area (Å²) in [5.41, 5.74) is 2.76. The second kappa shape index (κ2) is 6.97. The van der Waals surface area contributed by atoms with Gasteiger partial charge in [0.05, 0.1) is 12.1 Å². The molecule has 0 amide bonds. The van der Waals surface area contributed by atoms with Gasteiger partial charge in [-0.15, -0.1) is 0 Å². The molecule has 1 saturated heterocycles. The van der Waals surface area contributed by atoms with Crippen LogP contribution in [0.1, 0.15) is 57.8 Å². The number of nitrogens with zero attached hydrogens (tertiary/aromatic N) is 1. The largest absolute Gasteiger partial charge is 0.378 e. The van der Waals surface area contributed by atoms with Crippen molar-refractivity contribution in [2.24, 2.45) is 10.8 Å². The van der Waals surface area contributed by atoms with E-state index in [1.54, 1.807) is 0 Å². The Morgan fingerprint density at radius 3 is 2.59 bits per heavy atom. The molecule has 98 valence electrons. The number of rotatable bonds is 4. The zero-order valence-corrected chi connectivity index (χ0v) is 10.7. The van der Waals surface area contributed by atoms with E-state index in [9.17, 15) is 0 Å². The molecule has 17 heavy (non-hydrogen) atoms. The van der Waals surface area contributed by atoms with E-state index in [1.807, 2.05) is 0 Å². The number of aliphatic imine (C=N–C) groups is 1. The van der Waals surface area contributed by atoms with Gasteiger partial charge in [-0.25, -0.2) is 5.84 Å². The van der Waals surface area contributed by atoms with Crippen LogP contribution in [0.3, 0.4) is 0 Å². The summed E-state index contributed by atoms with van der Waals surface area (Å²) >= 11 is 0. The molecule has 4 heteroatoms. The highest BCUT2D eigenvalue weighted by Crippen LogP contribution is 2.22. The number of ether oxygens (including phenoxy) is 1. The molecule has 0 aromatic carbocycles. The third-order valence-corrected chi connectivity index (χ3v) is 3.81. The lowest BCUT2D eigenvalue weighted by Gasteiger charge is -2.22. The Labute approximate surface area is 104 Å². The maximum Gasteiger partial charge on any atom is 0.111 e. The van der Waals surface area contributed by atoms with Crippen LogP contribution >= 0.6 is 0 Å². The van der Waals surface area contributed by atoms with Gasteiger partial charge >= 0.3 is 0 Å². The SMILES string of the molecule is NNC(CCC1CCCCO1)=NC1CCCC1. The van der Waals surface area contributed by atoms with E-state index in [1.165, 1.54) is 44.9 Å². The first kappa shape index (κ1) is 12.8. The van der Waals surface area contributed by atoms with Gasteiger partial charge in [-0.1, -0.05) is 12.8 Å². The Kier molecular flexibility index (Phi) is 5.26. The van der Waals surface area contributed by atoms with Crippen molar-refractivity contribution in [3.8, 4) is 0 Å². The molecule has 1 unspecified atom stereocenters. The van der Waals surface area contributed by atoms with E-state index in [0.717, 1.165) is 25.3 Å². The maximum absolute atomic E-state index is 5.72. The van der Waals surface area contributed by atoms with Gasteiger partial charge in [0.1, 0.15) is 5.84 Å². The fourth-order valence-corrected chi connectivity index (χ4v) is 2.76. The van der Waals surface area contributed by atoms with Crippen molar-refractivity contribution in [1.82, 2.24) is 5.43 Å². The predicted octanol–water partition coefficient (Wildman–Crippen LogP) is 2.14. The predicted molar refractivity (Wildman–Crippen MR) is 69.8 cm³/mol. The number of hydrazine groups is 1. The van der Waals surface area contributed by atoms with Crippen LogP contribution < -0.4 is 11.3 Å². The zero-order valence-electron chi connectivity index (χ0n) is 10.7. The van der Waals surface area contributed by atoms with Gasteiger partial charge in [0.25, 0.3) is 0 Å². The van der Waals surface area contributed by atoms with Gasteiger partial charge in [0.2, 0.25) is 0 Å². The molecule has 1 atom stereocenters. The summed E-state index contributed by atoms with van der Waals surface area (Å²) in [7, 11) is 0. The molecule has 2 aliphatic rings. The fraction of sp³-hybridized carbons (Fsp3) is 0.923. The molecule has 4 nitrogen and oxygen atoms in total. The van der Waals surface area contributed by atoms with Crippen LogP contribution in [0.4, 0.5) is 0 Å². The van der Waals surface area contributed by atoms with Crippen LogP contribution in [0.25, 0.3) is 0 Å². The minimum atomic E-state index is 0.422. The Bertz CT molecular complexity index is 243. The van der Waals surface area contributed by atoms with E-state index in [4.69, 9.17) is 15.6 Å². The highest BCUT2D eigenvalue weighted by Gasteiger charge is 2.17. The van der Waals surface area contributed by atoms with Crippen LogP contribution in [0.2, 0.25) is 0 Å². The molecule has 1 saturated carbocycles. The second-order valence-electron chi connectivity index (χ2n) is 5.19. The number of nitrogens with one attached hydrogen (secondary N) is 1. The van der Waals surface area contributed by atoms with Crippen molar-refractivity contribution in [3.63, 3.8) is 0 Å². The van der Waals surface area contributed by atoms with E-state index >= 15 is 0 Å². The molecule has 1 aliphatic carbocycles. The lowest BCUT2D eigenvalue weighted by Crippen LogP contribution is -2.32. The lowest BCUT2D eigenvalue weighted by atomic mass is 10.0. The van der Waals surface area contributed by atoms with Crippen molar-refractivity contribution in [2.75, 3.05) is 6.61 Å². The topological polar surface area (TPSA) is 59.6 Å². The summed E-state index contributed by atoms with van der Waals surface area (Å²) in [4.78, 5) is 4.70. The van der Waals surface area contributed by atoms with Gasteiger partial charge in [-0.3, -0.25) is 4.99 Å². The number of amidine groups is 1. The average molecular weight is 239 g/mol. The van der Waals surface area contributed by atoms with Crippen molar-refractivity contribution in [2.45, 2.75) is 69.9 Å². The molecular weight excluding hydrogens is 214 g/mol. The number of nitrogens with two attached hydrogens (primary N) is 1. The monoisotopic (exact) mass is 239 g/mol. The van der Waals surface area contributed by atoms with Crippen molar-refractivity contribution in [1.29, 1.82) is 0 Å². The molecule has 1 aliphatic heterocycles. The average Bonchev–Trinajstić information content (AvgIpc) is 2.88. The Hall–Kier alpha value is -0.610. The van der Waals surface area contributed by atoms with Crippen molar-refractivity contribution < 1.29 is 4.74 Å². The minimum Gasteiger partial charge on any atom is -0.378 e. The van der Waals surface area contributed by atoms with Gasteiger partial charge < -0.3 is 10.2 Å². The Morgan fingerprint density at radius 2 is 1.94 bits per heavy atom. The smallest absolute Gasteiger partial charge is 0.111 e. The molecule has 2 fully saturated rings. The quantitative estimate of drug-likeness (QED) is 0.342. The van der Waals surface area contributed by atoms with E-state index in [-0.39, 0.29) is 0 Å². The fourth-order valence-electron chi connectivity index (χ4n) is 2.76. The molecule has 0 radical (unpaired) electrons. The lowest BCUT2D eigenvalue weighted by molar-refractivity contribution is 0.0124. The van der Waals surface area contributed by atoms with Gasteiger partial charge in [-0.2, -0.15) is 0 Å². The first-order valence-electron chi connectivity index (χ1n) is 7.03. The van der Waals surface area contributed by atoms with Crippen molar-refractivity contribution in [3.05, 3.63) is 0 Å². The molecule has 3 N–H and O–H groups in total. The van der Waals surface area contributed by atoms with Crippen LogP contribution in [0, 0.1) is 0 Å². The molecule has 1 heterocycles. The molecule has 0 aromatic heterocycles. The molecule has 0 spiro atoms. The zero-order chi connectivity index (χ0) is 11.9. The van der Waals surface area contributed by atoms with E-state index in [0.29, 0.717) is 12.1 Å². The summed E-state index contributed by atoms with van der Waals surface area (Å²) in [5, 5.41) is 0. The van der Waals surface area contributed by atoms with Gasteiger partial charge in [0.15, 0.2) is 0 Å². The van der Waals surface area contributed by atoms with Gasteiger partial charge in [0, 0.05) is 13.0 Å². The maximum atomic E-state index is 5.72. The summed E-state index contributed by atoms with van der Waals surface area (Å²) in [6.45, 7) is 0.926. The molecule has 0 bridgehead atoms. The number of hydrogen-bond acceptors (Lipinski definition) is 3. The standard InChI is InChI=1S/C13H25N3O/c14-16-13(15-11-5-1-2-6-11)9-8-12-7-3-4-10-17-12/h11-12H,1-10,14H2,(H,15,16). The van der Waals surface area contributed by atoms with E-state index < -0.39 is 0 Å². The normalized spacial score (nSPS) is 27.4. The summed E-state index contributed by atoms with van der Waals surface area (Å²) in [6, 6.07) is 0.508.